The molecule has 0 unspecified atom stereocenters. The van der Waals surface area contributed by atoms with Crippen molar-refractivity contribution in [2.24, 2.45) is 0 Å². The lowest BCUT2D eigenvalue weighted by Crippen LogP contribution is -2.21. The summed E-state index contributed by atoms with van der Waals surface area (Å²) in [5.41, 5.74) is 4.10. The van der Waals surface area contributed by atoms with Crippen molar-refractivity contribution < 1.29 is 4.79 Å². The Hall–Kier alpha value is -3.72. The maximum absolute atomic E-state index is 12.5. The van der Waals surface area contributed by atoms with Gasteiger partial charge in [-0.1, -0.05) is 30.6 Å². The van der Waals surface area contributed by atoms with Gasteiger partial charge in [0, 0.05) is 23.0 Å². The van der Waals surface area contributed by atoms with Gasteiger partial charge >= 0.3 is 0 Å². The topological polar surface area (TPSA) is 72.2 Å². The molecule has 0 saturated carbocycles. The highest BCUT2D eigenvalue weighted by atomic mass is 16.1. The monoisotopic (exact) mass is 355 g/mol. The van der Waals surface area contributed by atoms with Crippen molar-refractivity contribution in [1.82, 2.24) is 25.1 Å². The molecule has 1 aromatic carbocycles. The first-order valence-electron chi connectivity index (χ1n) is 8.72. The third-order valence-corrected chi connectivity index (χ3v) is 4.28. The minimum atomic E-state index is -0.145. The van der Waals surface area contributed by atoms with Crippen molar-refractivity contribution >= 4 is 11.6 Å². The van der Waals surface area contributed by atoms with Gasteiger partial charge in [0.05, 0.1) is 0 Å². The Labute approximate surface area is 156 Å². The number of allylic oxidation sites excluding steroid dienone is 3. The van der Waals surface area contributed by atoms with Crippen LogP contribution in [0.15, 0.2) is 66.0 Å². The van der Waals surface area contributed by atoms with Crippen LogP contribution in [-0.4, -0.2) is 25.7 Å². The number of nitrogens with zero attached hydrogens (tertiary/aromatic N) is 4. The van der Waals surface area contributed by atoms with Gasteiger partial charge in [0.15, 0.2) is 5.65 Å². The summed E-state index contributed by atoms with van der Waals surface area (Å²) in [5.74, 6) is 6.29. The fourth-order valence-electron chi connectivity index (χ4n) is 2.80. The van der Waals surface area contributed by atoms with E-state index in [-0.39, 0.29) is 5.91 Å². The molecule has 0 bridgehead atoms. The van der Waals surface area contributed by atoms with Crippen molar-refractivity contribution in [2.45, 2.75) is 19.8 Å². The van der Waals surface area contributed by atoms with Gasteiger partial charge in [-0.05, 0) is 55.2 Å². The molecule has 0 fully saturated rings. The molecule has 4 rings (SSSR count). The molecule has 0 saturated heterocycles. The molecule has 1 aliphatic carbocycles. The summed E-state index contributed by atoms with van der Waals surface area (Å²) in [4.78, 5) is 12.5. The number of nitrogens with one attached hydrogen (secondary N) is 1. The molecule has 0 aliphatic heterocycles. The quantitative estimate of drug-likeness (QED) is 0.733. The zero-order valence-electron chi connectivity index (χ0n) is 14.8. The maximum atomic E-state index is 12.5. The van der Waals surface area contributed by atoms with Crippen molar-refractivity contribution in [3.05, 3.63) is 83.0 Å². The highest BCUT2D eigenvalue weighted by molar-refractivity contribution is 5.96. The molecule has 2 aromatic heterocycles. The second kappa shape index (κ2) is 7.26. The van der Waals surface area contributed by atoms with Crippen LogP contribution in [0.3, 0.4) is 0 Å². The summed E-state index contributed by atoms with van der Waals surface area (Å²) < 4.78 is 1.58. The second-order valence-electron chi connectivity index (χ2n) is 6.12. The molecule has 2 heterocycles. The fourth-order valence-corrected chi connectivity index (χ4v) is 2.80. The van der Waals surface area contributed by atoms with E-state index in [0.717, 1.165) is 24.1 Å². The molecule has 6 nitrogen and oxygen atoms in total. The van der Waals surface area contributed by atoms with Crippen LogP contribution >= 0.6 is 0 Å². The molecule has 3 aromatic rings. The standard InChI is InChI=1S/C21H17N5O/c1-2-15-8-10-18(14-15)23-21(27)17-6-3-5-16(13-17)9-11-20-25-24-19-7-4-12-22-26(19)20/h3-7,10,12-14H,2,8H2,1H3,(H,23,27). The van der Waals surface area contributed by atoms with Gasteiger partial charge in [-0.3, -0.25) is 4.79 Å². The molecule has 0 radical (unpaired) electrons. The third-order valence-electron chi connectivity index (χ3n) is 4.28. The van der Waals surface area contributed by atoms with E-state index in [9.17, 15) is 4.79 Å². The first-order valence-corrected chi connectivity index (χ1v) is 8.72. The van der Waals surface area contributed by atoms with Crippen LogP contribution in [0.5, 0.6) is 0 Å². The lowest BCUT2D eigenvalue weighted by atomic mass is 10.1. The van der Waals surface area contributed by atoms with Crippen LogP contribution in [0.4, 0.5) is 0 Å². The zero-order chi connectivity index (χ0) is 18.6. The fraction of sp³-hybridized carbons (Fsp3) is 0.143. The Kier molecular flexibility index (Phi) is 4.50. The minimum absolute atomic E-state index is 0.145. The molecule has 27 heavy (non-hydrogen) atoms. The summed E-state index contributed by atoms with van der Waals surface area (Å²) in [6.45, 7) is 2.11. The molecule has 1 N–H and O–H groups in total. The number of aromatic nitrogens is 4. The lowest BCUT2D eigenvalue weighted by Gasteiger charge is -2.04. The maximum Gasteiger partial charge on any atom is 0.255 e. The van der Waals surface area contributed by atoms with E-state index in [1.165, 1.54) is 5.57 Å². The van der Waals surface area contributed by atoms with Gasteiger partial charge in [0.2, 0.25) is 5.82 Å². The zero-order valence-corrected chi connectivity index (χ0v) is 14.8. The van der Waals surface area contributed by atoms with E-state index in [0.29, 0.717) is 17.0 Å². The number of fused-ring (bicyclic) bond motifs is 1. The number of carbonyl (C=O) groups is 1. The van der Waals surface area contributed by atoms with Crippen molar-refractivity contribution in [3.63, 3.8) is 0 Å². The first-order chi connectivity index (χ1) is 13.2. The predicted octanol–water partition coefficient (Wildman–Crippen LogP) is 2.88. The van der Waals surface area contributed by atoms with E-state index < -0.39 is 0 Å². The normalized spacial score (nSPS) is 12.9. The molecule has 6 heteroatoms. The number of benzene rings is 1. The van der Waals surface area contributed by atoms with Crippen LogP contribution in [0.1, 0.15) is 41.5 Å². The highest BCUT2D eigenvalue weighted by Gasteiger charge is 2.10. The number of hydrogen-bond donors (Lipinski definition) is 1. The van der Waals surface area contributed by atoms with Gasteiger partial charge in [0.25, 0.3) is 5.91 Å². The Bertz CT molecular complexity index is 1140. The predicted molar refractivity (Wildman–Crippen MR) is 102 cm³/mol. The van der Waals surface area contributed by atoms with Gasteiger partial charge in [-0.25, -0.2) is 0 Å². The SMILES string of the molecule is CCC1=CC(NC(=O)c2cccc(C#Cc3nnc4cccnn34)c2)=CC1. The average molecular weight is 355 g/mol. The van der Waals surface area contributed by atoms with E-state index >= 15 is 0 Å². The van der Waals surface area contributed by atoms with Crippen molar-refractivity contribution in [3.8, 4) is 11.8 Å². The van der Waals surface area contributed by atoms with Gasteiger partial charge in [0.1, 0.15) is 0 Å². The van der Waals surface area contributed by atoms with Crippen LogP contribution in [0.25, 0.3) is 5.65 Å². The van der Waals surface area contributed by atoms with Gasteiger partial charge in [-0.2, -0.15) is 9.61 Å². The largest absolute Gasteiger partial charge is 0.322 e. The van der Waals surface area contributed by atoms with E-state index in [4.69, 9.17) is 0 Å². The average Bonchev–Trinajstić information content (AvgIpc) is 3.33. The van der Waals surface area contributed by atoms with Gasteiger partial charge in [-0.15, -0.1) is 10.2 Å². The highest BCUT2D eigenvalue weighted by Crippen LogP contribution is 2.18. The number of amides is 1. The van der Waals surface area contributed by atoms with Crippen LogP contribution in [0.2, 0.25) is 0 Å². The molecule has 1 amide bonds. The summed E-state index contributed by atoms with van der Waals surface area (Å²) in [6, 6.07) is 10.8. The second-order valence-corrected chi connectivity index (χ2v) is 6.12. The van der Waals surface area contributed by atoms with E-state index in [1.807, 2.05) is 30.4 Å². The van der Waals surface area contributed by atoms with Crippen molar-refractivity contribution in [1.29, 1.82) is 0 Å². The van der Waals surface area contributed by atoms with Crippen LogP contribution in [-0.2, 0) is 0 Å². The summed E-state index contributed by atoms with van der Waals surface area (Å²) in [7, 11) is 0. The summed E-state index contributed by atoms with van der Waals surface area (Å²) in [6.07, 6.45) is 7.61. The Morgan fingerprint density at radius 1 is 1.22 bits per heavy atom. The molecular weight excluding hydrogens is 338 g/mol. The molecule has 132 valence electrons. The number of hydrogen-bond acceptors (Lipinski definition) is 4. The molecule has 0 atom stereocenters. The summed E-state index contributed by atoms with van der Waals surface area (Å²) in [5, 5.41) is 15.2. The lowest BCUT2D eigenvalue weighted by molar-refractivity contribution is 0.0967. The first kappa shape index (κ1) is 16.7. The Morgan fingerprint density at radius 3 is 3.00 bits per heavy atom. The van der Waals surface area contributed by atoms with E-state index in [2.05, 4.69) is 39.4 Å². The Balaban J connectivity index is 1.53. The molecule has 1 aliphatic rings. The van der Waals surface area contributed by atoms with E-state index in [1.54, 1.807) is 28.9 Å². The molecule has 0 spiro atoms. The van der Waals surface area contributed by atoms with Crippen LogP contribution < -0.4 is 5.32 Å². The van der Waals surface area contributed by atoms with Gasteiger partial charge < -0.3 is 5.32 Å². The Morgan fingerprint density at radius 2 is 2.15 bits per heavy atom. The minimum Gasteiger partial charge on any atom is -0.322 e. The van der Waals surface area contributed by atoms with Crippen molar-refractivity contribution in [2.75, 3.05) is 0 Å². The van der Waals surface area contributed by atoms with Crippen LogP contribution in [0, 0.1) is 11.8 Å². The third kappa shape index (κ3) is 3.62. The molecular formula is C21H17N5O. The smallest absolute Gasteiger partial charge is 0.255 e. The summed E-state index contributed by atoms with van der Waals surface area (Å²) >= 11 is 0. The number of rotatable bonds is 3. The number of carbonyl (C=O) groups excluding carboxylic acids is 1.